The Hall–Kier alpha value is -1.60. The number of amides is 2. The summed E-state index contributed by atoms with van der Waals surface area (Å²) < 4.78 is 0.579. The van der Waals surface area contributed by atoms with Gasteiger partial charge in [-0.05, 0) is 37.5 Å². The third-order valence-electron chi connectivity index (χ3n) is 3.51. The summed E-state index contributed by atoms with van der Waals surface area (Å²) in [7, 11) is 0. The number of urea groups is 1. The second kappa shape index (κ2) is 6.91. The number of anilines is 1. The highest BCUT2D eigenvalue weighted by Crippen LogP contribution is 2.26. The molecule has 6 nitrogen and oxygen atoms in total. The van der Waals surface area contributed by atoms with Gasteiger partial charge in [0, 0.05) is 22.7 Å². The maximum atomic E-state index is 12.3. The molecule has 1 saturated carbocycles. The fourth-order valence-electron chi connectivity index (χ4n) is 2.24. The molecule has 0 aliphatic heterocycles. The number of carbonyl (C=O) groups excluding carboxylic acids is 1. The number of aliphatic hydroxyl groups excluding tert-OH is 1. The van der Waals surface area contributed by atoms with Crippen LogP contribution in [0.25, 0.3) is 0 Å². The van der Waals surface area contributed by atoms with Crippen LogP contribution in [0.4, 0.5) is 10.5 Å². The fraction of sp³-hybridized carbons (Fsp3) is 0.429. The van der Waals surface area contributed by atoms with E-state index in [0.717, 1.165) is 19.3 Å². The van der Waals surface area contributed by atoms with Crippen molar-refractivity contribution < 1.29 is 19.8 Å². The minimum atomic E-state index is -1.06. The molecule has 2 amide bonds. The summed E-state index contributed by atoms with van der Waals surface area (Å²) in [5.41, 5.74) is 0.506. The number of nitrogens with one attached hydrogen (secondary N) is 1. The molecule has 1 aliphatic rings. The van der Waals surface area contributed by atoms with E-state index in [-0.39, 0.29) is 30.8 Å². The molecule has 0 radical (unpaired) electrons. The van der Waals surface area contributed by atoms with Gasteiger partial charge in [-0.1, -0.05) is 15.9 Å². The Morgan fingerprint density at radius 3 is 2.57 bits per heavy atom. The largest absolute Gasteiger partial charge is 0.478 e. The molecule has 0 aromatic heterocycles. The fourth-order valence-corrected chi connectivity index (χ4v) is 2.73. The van der Waals surface area contributed by atoms with Crippen molar-refractivity contribution in [2.75, 3.05) is 18.5 Å². The van der Waals surface area contributed by atoms with Gasteiger partial charge in [0.1, 0.15) is 0 Å². The molecule has 0 bridgehead atoms. The normalized spacial score (nSPS) is 14.4. The Morgan fingerprint density at radius 1 is 1.33 bits per heavy atom. The zero-order valence-corrected chi connectivity index (χ0v) is 13.0. The number of hydrogen-bond donors (Lipinski definition) is 3. The van der Waals surface area contributed by atoms with Gasteiger partial charge in [0.15, 0.2) is 0 Å². The Bertz CT molecular complexity index is 546. The van der Waals surface area contributed by atoms with Crippen molar-refractivity contribution in [1.82, 2.24) is 4.90 Å². The van der Waals surface area contributed by atoms with Crippen LogP contribution >= 0.6 is 15.9 Å². The van der Waals surface area contributed by atoms with E-state index >= 15 is 0 Å². The number of carboxylic acid groups (broad SMARTS) is 1. The predicted octanol–water partition coefficient (Wildman–Crippen LogP) is 2.53. The summed E-state index contributed by atoms with van der Waals surface area (Å²) in [6.07, 6.45) is 2.96. The Labute approximate surface area is 130 Å². The Balaban J connectivity index is 2.12. The molecule has 21 heavy (non-hydrogen) atoms. The molecule has 0 heterocycles. The van der Waals surface area contributed by atoms with Crippen LogP contribution in [0.15, 0.2) is 22.7 Å². The molecule has 1 aromatic carbocycles. The average molecular weight is 357 g/mol. The third kappa shape index (κ3) is 3.95. The number of carbonyl (C=O) groups is 2. The van der Waals surface area contributed by atoms with Gasteiger partial charge in [0.2, 0.25) is 0 Å². The molecule has 0 atom stereocenters. The van der Waals surface area contributed by atoms with Crippen molar-refractivity contribution >= 4 is 33.6 Å². The first-order chi connectivity index (χ1) is 10.0. The van der Waals surface area contributed by atoms with Crippen LogP contribution in [0.3, 0.4) is 0 Å². The van der Waals surface area contributed by atoms with Crippen molar-refractivity contribution in [1.29, 1.82) is 0 Å². The molecule has 3 N–H and O–H groups in total. The number of aliphatic hydroxyl groups is 1. The van der Waals surface area contributed by atoms with Crippen LogP contribution in [-0.4, -0.2) is 46.3 Å². The van der Waals surface area contributed by atoms with E-state index in [1.165, 1.54) is 12.1 Å². The van der Waals surface area contributed by atoms with Gasteiger partial charge in [-0.25, -0.2) is 9.59 Å². The van der Waals surface area contributed by atoms with Gasteiger partial charge >= 0.3 is 12.0 Å². The highest BCUT2D eigenvalue weighted by molar-refractivity contribution is 9.10. The van der Waals surface area contributed by atoms with E-state index in [9.17, 15) is 9.59 Å². The number of nitrogens with zero attached hydrogens (tertiary/aromatic N) is 1. The lowest BCUT2D eigenvalue weighted by atomic mass is 9.92. The van der Waals surface area contributed by atoms with Gasteiger partial charge in [-0.15, -0.1) is 0 Å². The summed E-state index contributed by atoms with van der Waals surface area (Å²) in [5.74, 6) is -1.06. The molecular formula is C14H17BrN2O4. The number of rotatable bonds is 5. The van der Waals surface area contributed by atoms with Crippen molar-refractivity contribution in [3.05, 3.63) is 28.2 Å². The molecule has 0 saturated heterocycles. The van der Waals surface area contributed by atoms with Crippen LogP contribution in [0.2, 0.25) is 0 Å². The van der Waals surface area contributed by atoms with E-state index in [0.29, 0.717) is 10.2 Å². The smallest absolute Gasteiger partial charge is 0.335 e. The molecule has 0 spiro atoms. The van der Waals surface area contributed by atoms with E-state index in [2.05, 4.69) is 21.2 Å². The van der Waals surface area contributed by atoms with Gasteiger partial charge < -0.3 is 20.4 Å². The lowest BCUT2D eigenvalue weighted by Gasteiger charge is -2.37. The number of benzene rings is 1. The zero-order chi connectivity index (χ0) is 15.4. The monoisotopic (exact) mass is 356 g/mol. The highest BCUT2D eigenvalue weighted by Gasteiger charge is 2.28. The summed E-state index contributed by atoms with van der Waals surface area (Å²) in [6.45, 7) is 0.180. The molecule has 7 heteroatoms. The first-order valence-corrected chi connectivity index (χ1v) is 7.53. The minimum Gasteiger partial charge on any atom is -0.478 e. The van der Waals surface area contributed by atoms with Crippen LogP contribution in [0.1, 0.15) is 29.6 Å². The quantitative estimate of drug-likeness (QED) is 0.755. The van der Waals surface area contributed by atoms with Gasteiger partial charge in [-0.2, -0.15) is 0 Å². The second-order valence-corrected chi connectivity index (χ2v) is 5.88. The van der Waals surface area contributed by atoms with Crippen LogP contribution < -0.4 is 5.32 Å². The van der Waals surface area contributed by atoms with E-state index < -0.39 is 5.97 Å². The minimum absolute atomic E-state index is 0.0945. The summed E-state index contributed by atoms with van der Waals surface area (Å²) in [5, 5.41) is 20.8. The lowest BCUT2D eigenvalue weighted by molar-refractivity contribution is 0.0696. The summed E-state index contributed by atoms with van der Waals surface area (Å²) in [6, 6.07) is 4.35. The van der Waals surface area contributed by atoms with Crippen molar-refractivity contribution in [3.63, 3.8) is 0 Å². The molecular weight excluding hydrogens is 340 g/mol. The maximum absolute atomic E-state index is 12.3. The molecule has 0 unspecified atom stereocenters. The molecule has 114 valence electrons. The van der Waals surface area contributed by atoms with Crippen molar-refractivity contribution in [3.8, 4) is 0 Å². The Morgan fingerprint density at radius 2 is 2.05 bits per heavy atom. The van der Waals surface area contributed by atoms with Gasteiger partial charge in [0.05, 0.1) is 12.2 Å². The topological polar surface area (TPSA) is 89.9 Å². The number of hydrogen-bond acceptors (Lipinski definition) is 3. The number of halogens is 1. The molecule has 1 aromatic rings. The van der Waals surface area contributed by atoms with Crippen LogP contribution in [0, 0.1) is 0 Å². The van der Waals surface area contributed by atoms with Crippen LogP contribution in [-0.2, 0) is 0 Å². The predicted molar refractivity (Wildman–Crippen MR) is 81.6 cm³/mol. The van der Waals surface area contributed by atoms with Crippen molar-refractivity contribution in [2.24, 2.45) is 0 Å². The summed E-state index contributed by atoms with van der Waals surface area (Å²) in [4.78, 5) is 24.9. The number of carboxylic acids is 1. The Kier molecular flexibility index (Phi) is 5.19. The highest BCUT2D eigenvalue weighted by atomic mass is 79.9. The van der Waals surface area contributed by atoms with E-state index in [4.69, 9.17) is 10.2 Å². The van der Waals surface area contributed by atoms with Crippen LogP contribution in [0.5, 0.6) is 0 Å². The van der Waals surface area contributed by atoms with Crippen molar-refractivity contribution in [2.45, 2.75) is 25.3 Å². The standard InChI is InChI=1S/C14H17BrN2O4/c15-10-6-9(13(19)20)7-11(8-10)16-14(21)17(4-5-18)12-2-1-3-12/h6-8,12,18H,1-5H2,(H,16,21)(H,19,20). The van der Waals surface area contributed by atoms with Gasteiger partial charge in [0.25, 0.3) is 0 Å². The van der Waals surface area contributed by atoms with E-state index in [1.807, 2.05) is 0 Å². The first kappa shape index (κ1) is 15.8. The van der Waals surface area contributed by atoms with Gasteiger partial charge in [-0.3, -0.25) is 0 Å². The molecule has 1 fully saturated rings. The molecule has 2 rings (SSSR count). The molecule has 1 aliphatic carbocycles. The zero-order valence-electron chi connectivity index (χ0n) is 11.4. The maximum Gasteiger partial charge on any atom is 0.335 e. The van der Waals surface area contributed by atoms with E-state index in [1.54, 1.807) is 11.0 Å². The average Bonchev–Trinajstić information content (AvgIpc) is 2.35. The summed E-state index contributed by atoms with van der Waals surface area (Å²) >= 11 is 3.22. The first-order valence-electron chi connectivity index (χ1n) is 6.73. The third-order valence-corrected chi connectivity index (χ3v) is 3.97. The number of aromatic carboxylic acids is 1. The second-order valence-electron chi connectivity index (χ2n) is 4.97. The lowest BCUT2D eigenvalue weighted by Crippen LogP contribution is -2.47. The SMILES string of the molecule is O=C(O)c1cc(Br)cc(NC(=O)N(CCO)C2CCC2)c1.